The largest absolute Gasteiger partial charge is 0.332 e. The summed E-state index contributed by atoms with van der Waals surface area (Å²) in [6.45, 7) is 4.76. The Bertz CT molecular complexity index is 574. The Balaban J connectivity index is 2.36. The van der Waals surface area contributed by atoms with Gasteiger partial charge in [0.25, 0.3) is 0 Å². The Morgan fingerprint density at radius 3 is 2.47 bits per heavy atom. The van der Waals surface area contributed by atoms with Crippen molar-refractivity contribution in [3.05, 3.63) is 57.3 Å². The van der Waals surface area contributed by atoms with Crippen LogP contribution in [0.3, 0.4) is 0 Å². The number of aryl methyl sites for hydroxylation is 2. The molecule has 0 spiro atoms. The zero-order valence-corrected chi connectivity index (χ0v) is 11.5. The first kappa shape index (κ1) is 11.9. The Morgan fingerprint density at radius 2 is 1.88 bits per heavy atom. The van der Waals surface area contributed by atoms with Gasteiger partial charge in [-0.3, -0.25) is 0 Å². The highest BCUT2D eigenvalue weighted by molar-refractivity contribution is 9.10. The number of aromatic nitrogens is 1. The summed E-state index contributed by atoms with van der Waals surface area (Å²) in [6, 6.07) is 12.5. The number of nitrogens with zero attached hydrogens (tertiary/aromatic N) is 2. The van der Waals surface area contributed by atoms with E-state index in [4.69, 9.17) is 5.26 Å². The van der Waals surface area contributed by atoms with Crippen molar-refractivity contribution in [3.8, 4) is 6.07 Å². The minimum Gasteiger partial charge on any atom is -0.332 e. The first-order valence-corrected chi connectivity index (χ1v) is 6.22. The molecule has 0 atom stereocenters. The van der Waals surface area contributed by atoms with Gasteiger partial charge in [-0.15, -0.1) is 0 Å². The van der Waals surface area contributed by atoms with Crippen LogP contribution in [-0.4, -0.2) is 4.57 Å². The zero-order valence-electron chi connectivity index (χ0n) is 9.87. The van der Waals surface area contributed by atoms with Gasteiger partial charge in [0.15, 0.2) is 0 Å². The predicted molar refractivity (Wildman–Crippen MR) is 71.9 cm³/mol. The van der Waals surface area contributed by atoms with Gasteiger partial charge in [0.1, 0.15) is 11.8 Å². The number of rotatable bonds is 2. The van der Waals surface area contributed by atoms with E-state index in [2.05, 4.69) is 44.8 Å². The number of hydrogen-bond acceptors (Lipinski definition) is 1. The van der Waals surface area contributed by atoms with E-state index >= 15 is 0 Å². The highest BCUT2D eigenvalue weighted by Gasteiger charge is 2.09. The Morgan fingerprint density at radius 1 is 1.24 bits per heavy atom. The monoisotopic (exact) mass is 288 g/mol. The van der Waals surface area contributed by atoms with Gasteiger partial charge in [0.05, 0.1) is 0 Å². The van der Waals surface area contributed by atoms with Crippen molar-refractivity contribution in [1.82, 2.24) is 4.57 Å². The molecule has 2 aromatic rings. The molecule has 0 fully saturated rings. The number of halogens is 1. The third-order valence-electron chi connectivity index (χ3n) is 2.85. The van der Waals surface area contributed by atoms with Crippen molar-refractivity contribution in [3.63, 3.8) is 0 Å². The van der Waals surface area contributed by atoms with Crippen molar-refractivity contribution >= 4 is 15.9 Å². The normalized spacial score (nSPS) is 10.2. The SMILES string of the molecule is Cc1cc(C)n(Cc2ccc(Br)cc2)c1C#N. The van der Waals surface area contributed by atoms with Gasteiger partial charge < -0.3 is 4.57 Å². The standard InChI is InChI=1S/C14H13BrN2/c1-10-7-11(2)17(14(10)8-16)9-12-3-5-13(15)6-4-12/h3-7H,9H2,1-2H3. The zero-order chi connectivity index (χ0) is 12.4. The van der Waals surface area contributed by atoms with Crippen molar-refractivity contribution in [1.29, 1.82) is 5.26 Å². The van der Waals surface area contributed by atoms with Crippen LogP contribution in [0.25, 0.3) is 0 Å². The second-order valence-corrected chi connectivity index (χ2v) is 5.06. The number of benzene rings is 1. The lowest BCUT2D eigenvalue weighted by atomic mass is 10.2. The van der Waals surface area contributed by atoms with Gasteiger partial charge in [-0.05, 0) is 43.2 Å². The van der Waals surface area contributed by atoms with Crippen molar-refractivity contribution in [2.24, 2.45) is 0 Å². The van der Waals surface area contributed by atoms with Crippen LogP contribution in [0.2, 0.25) is 0 Å². The first-order chi connectivity index (χ1) is 8.11. The Hall–Kier alpha value is -1.53. The molecule has 1 heterocycles. The lowest BCUT2D eigenvalue weighted by molar-refractivity contribution is 0.763. The van der Waals surface area contributed by atoms with E-state index < -0.39 is 0 Å². The Kier molecular flexibility index (Phi) is 3.35. The number of hydrogen-bond donors (Lipinski definition) is 0. The molecule has 17 heavy (non-hydrogen) atoms. The molecule has 2 nitrogen and oxygen atoms in total. The molecule has 0 unspecified atom stereocenters. The van der Waals surface area contributed by atoms with E-state index in [0.717, 1.165) is 28.0 Å². The average Bonchev–Trinajstić information content (AvgIpc) is 2.57. The molecule has 86 valence electrons. The fourth-order valence-corrected chi connectivity index (χ4v) is 2.24. The van der Waals surface area contributed by atoms with E-state index in [9.17, 15) is 0 Å². The minimum atomic E-state index is 0.746. The first-order valence-electron chi connectivity index (χ1n) is 5.43. The van der Waals surface area contributed by atoms with Gasteiger partial charge in [-0.25, -0.2) is 0 Å². The maximum atomic E-state index is 9.16. The van der Waals surface area contributed by atoms with E-state index in [0.29, 0.717) is 0 Å². The molecule has 2 rings (SSSR count). The quantitative estimate of drug-likeness (QED) is 0.827. The Labute approximate surface area is 110 Å². The summed E-state index contributed by atoms with van der Waals surface area (Å²) < 4.78 is 3.13. The summed E-state index contributed by atoms with van der Waals surface area (Å²) in [7, 11) is 0. The van der Waals surface area contributed by atoms with E-state index in [1.165, 1.54) is 5.56 Å². The third-order valence-corrected chi connectivity index (χ3v) is 3.38. The maximum Gasteiger partial charge on any atom is 0.123 e. The summed E-state index contributed by atoms with van der Waals surface area (Å²) in [6.07, 6.45) is 0. The second-order valence-electron chi connectivity index (χ2n) is 4.14. The van der Waals surface area contributed by atoms with Crippen LogP contribution in [0.5, 0.6) is 0 Å². The second kappa shape index (κ2) is 4.77. The molecule has 1 aromatic heterocycles. The van der Waals surface area contributed by atoms with Crippen LogP contribution in [0.4, 0.5) is 0 Å². The van der Waals surface area contributed by atoms with E-state index in [-0.39, 0.29) is 0 Å². The highest BCUT2D eigenvalue weighted by atomic mass is 79.9. The van der Waals surface area contributed by atoms with Crippen LogP contribution < -0.4 is 0 Å². The maximum absolute atomic E-state index is 9.16. The summed E-state index contributed by atoms with van der Waals surface area (Å²) in [5, 5.41) is 9.16. The lowest BCUT2D eigenvalue weighted by Gasteiger charge is -2.08. The van der Waals surface area contributed by atoms with Crippen molar-refractivity contribution in [2.75, 3.05) is 0 Å². The topological polar surface area (TPSA) is 28.7 Å². The molecule has 0 bridgehead atoms. The van der Waals surface area contributed by atoms with Crippen molar-refractivity contribution < 1.29 is 0 Å². The van der Waals surface area contributed by atoms with Crippen LogP contribution in [-0.2, 0) is 6.54 Å². The van der Waals surface area contributed by atoms with Crippen molar-refractivity contribution in [2.45, 2.75) is 20.4 Å². The molecule has 1 aromatic carbocycles. The van der Waals surface area contributed by atoms with E-state index in [1.54, 1.807) is 0 Å². The van der Waals surface area contributed by atoms with E-state index in [1.807, 2.05) is 26.0 Å². The molecule has 0 saturated heterocycles. The average molecular weight is 289 g/mol. The van der Waals surface area contributed by atoms with Crippen LogP contribution in [0, 0.1) is 25.2 Å². The summed E-state index contributed by atoms with van der Waals surface area (Å²) in [5.41, 5.74) is 4.12. The van der Waals surface area contributed by atoms with Crippen LogP contribution >= 0.6 is 15.9 Å². The molecule has 0 aliphatic carbocycles. The minimum absolute atomic E-state index is 0.746. The molecule has 0 amide bonds. The molecule has 0 aliphatic heterocycles. The molecule has 0 aliphatic rings. The molecule has 0 saturated carbocycles. The summed E-state index contributed by atoms with van der Waals surface area (Å²) in [5.74, 6) is 0. The molecular weight excluding hydrogens is 276 g/mol. The summed E-state index contributed by atoms with van der Waals surface area (Å²) >= 11 is 3.42. The van der Waals surface area contributed by atoms with Gasteiger partial charge in [-0.2, -0.15) is 5.26 Å². The molecular formula is C14H13BrN2. The molecule has 3 heteroatoms. The highest BCUT2D eigenvalue weighted by Crippen LogP contribution is 2.17. The van der Waals surface area contributed by atoms with Gasteiger partial charge in [0, 0.05) is 16.7 Å². The van der Waals surface area contributed by atoms with Crippen LogP contribution in [0.15, 0.2) is 34.8 Å². The lowest BCUT2D eigenvalue weighted by Crippen LogP contribution is -2.04. The number of nitriles is 1. The predicted octanol–water partition coefficient (Wildman–Crippen LogP) is 3.79. The fourth-order valence-electron chi connectivity index (χ4n) is 1.97. The molecule has 0 N–H and O–H groups in total. The van der Waals surface area contributed by atoms with Gasteiger partial charge in [0.2, 0.25) is 0 Å². The molecule has 0 radical (unpaired) electrons. The summed E-state index contributed by atoms with van der Waals surface area (Å²) in [4.78, 5) is 0. The smallest absolute Gasteiger partial charge is 0.123 e. The van der Waals surface area contributed by atoms with Gasteiger partial charge in [-0.1, -0.05) is 28.1 Å². The third kappa shape index (κ3) is 2.42. The van der Waals surface area contributed by atoms with Crippen LogP contribution in [0.1, 0.15) is 22.5 Å². The van der Waals surface area contributed by atoms with Gasteiger partial charge >= 0.3 is 0 Å². The fraction of sp³-hybridized carbons (Fsp3) is 0.214.